The van der Waals surface area contributed by atoms with Crippen LogP contribution in [-0.4, -0.2) is 44.5 Å². The summed E-state index contributed by atoms with van der Waals surface area (Å²) in [6.07, 6.45) is 1.45. The first-order chi connectivity index (χ1) is 16.4. The van der Waals surface area contributed by atoms with Gasteiger partial charge >= 0.3 is 11.9 Å². The third-order valence-electron chi connectivity index (χ3n) is 4.37. The summed E-state index contributed by atoms with van der Waals surface area (Å²) < 4.78 is 27.7. The molecule has 1 N–H and O–H groups in total. The molecule has 3 rings (SSSR count). The highest BCUT2D eigenvalue weighted by Crippen LogP contribution is 2.36. The molecule has 3 aromatic rings. The summed E-state index contributed by atoms with van der Waals surface area (Å²) in [7, 11) is 0. The van der Waals surface area contributed by atoms with Gasteiger partial charge in [-0.2, -0.15) is 5.10 Å². The number of esters is 1. The van der Waals surface area contributed by atoms with E-state index in [1.165, 1.54) is 6.21 Å². The van der Waals surface area contributed by atoms with Gasteiger partial charge < -0.3 is 23.4 Å². The maximum Gasteiger partial charge on any atom is 0.344 e. The maximum atomic E-state index is 12.5. The van der Waals surface area contributed by atoms with Gasteiger partial charge in [-0.05, 0) is 78.7 Å². The Balaban J connectivity index is 1.70. The van der Waals surface area contributed by atoms with Gasteiger partial charge in [0.05, 0.1) is 30.5 Å². The van der Waals surface area contributed by atoms with Gasteiger partial charge in [0.25, 0.3) is 0 Å². The summed E-state index contributed by atoms with van der Waals surface area (Å²) in [6.45, 7) is 6.40. The predicted molar refractivity (Wildman–Crippen MR) is 130 cm³/mol. The first-order valence-corrected chi connectivity index (χ1v) is 11.5. The molecule has 10 heteroatoms. The number of amides is 1. The molecule has 2 aromatic carbocycles. The van der Waals surface area contributed by atoms with Crippen molar-refractivity contribution < 1.29 is 33.0 Å². The highest BCUT2D eigenvalue weighted by molar-refractivity contribution is 9.10. The topological polar surface area (TPSA) is 109 Å². The number of nitrogens with one attached hydrogen (secondary N) is 1. The lowest BCUT2D eigenvalue weighted by molar-refractivity contribution is -0.145. The smallest absolute Gasteiger partial charge is 0.344 e. The van der Waals surface area contributed by atoms with Crippen LogP contribution < -0.4 is 19.6 Å². The SMILES string of the molecule is CCOC(=O)COc1c(Br)cc(/C=N/NC(=O)c2cc3cc(OCC)ccc3o2)cc1OCC. The van der Waals surface area contributed by atoms with Crippen LogP contribution in [0.2, 0.25) is 0 Å². The van der Waals surface area contributed by atoms with E-state index in [9.17, 15) is 9.59 Å². The Kier molecular flexibility index (Phi) is 8.92. The molecule has 1 heterocycles. The Morgan fingerprint density at radius 1 is 1.03 bits per heavy atom. The molecule has 0 aliphatic heterocycles. The summed E-state index contributed by atoms with van der Waals surface area (Å²) in [4.78, 5) is 24.1. The van der Waals surface area contributed by atoms with E-state index in [1.807, 2.05) is 13.8 Å². The van der Waals surface area contributed by atoms with Crippen molar-refractivity contribution in [2.24, 2.45) is 5.10 Å². The van der Waals surface area contributed by atoms with Crippen LogP contribution >= 0.6 is 15.9 Å². The number of halogens is 1. The van der Waals surface area contributed by atoms with E-state index in [2.05, 4.69) is 26.5 Å². The summed E-state index contributed by atoms with van der Waals surface area (Å²) in [5.74, 6) is 0.626. The third-order valence-corrected chi connectivity index (χ3v) is 4.96. The fourth-order valence-corrected chi connectivity index (χ4v) is 3.58. The molecule has 9 nitrogen and oxygen atoms in total. The molecule has 0 bridgehead atoms. The highest BCUT2D eigenvalue weighted by atomic mass is 79.9. The zero-order chi connectivity index (χ0) is 24.5. The molecule has 0 aliphatic carbocycles. The van der Waals surface area contributed by atoms with Crippen LogP contribution in [0, 0.1) is 0 Å². The number of ether oxygens (including phenoxy) is 4. The number of carbonyl (C=O) groups excluding carboxylic acids is 2. The van der Waals surface area contributed by atoms with Crippen molar-refractivity contribution in [3.8, 4) is 17.2 Å². The van der Waals surface area contributed by atoms with Gasteiger partial charge in [0, 0.05) is 5.39 Å². The van der Waals surface area contributed by atoms with Crippen molar-refractivity contribution in [3.63, 3.8) is 0 Å². The van der Waals surface area contributed by atoms with E-state index in [0.717, 1.165) is 5.39 Å². The van der Waals surface area contributed by atoms with Crippen LogP contribution in [-0.2, 0) is 9.53 Å². The van der Waals surface area contributed by atoms with E-state index in [0.29, 0.717) is 46.1 Å². The molecule has 0 saturated carbocycles. The van der Waals surface area contributed by atoms with Crippen LogP contribution in [0.3, 0.4) is 0 Å². The summed E-state index contributed by atoms with van der Waals surface area (Å²) in [5, 5.41) is 4.76. The van der Waals surface area contributed by atoms with E-state index in [1.54, 1.807) is 43.3 Å². The number of hydrogen-bond donors (Lipinski definition) is 1. The number of furan rings is 1. The first-order valence-electron chi connectivity index (χ1n) is 10.7. The van der Waals surface area contributed by atoms with E-state index in [-0.39, 0.29) is 19.0 Å². The van der Waals surface area contributed by atoms with E-state index in [4.69, 9.17) is 23.4 Å². The van der Waals surface area contributed by atoms with Gasteiger partial charge in [0.2, 0.25) is 0 Å². The Bertz CT molecular complexity index is 1190. The maximum absolute atomic E-state index is 12.5. The Morgan fingerprint density at radius 2 is 1.82 bits per heavy atom. The second-order valence-electron chi connectivity index (χ2n) is 6.80. The lowest BCUT2D eigenvalue weighted by Crippen LogP contribution is -2.17. The number of hydrazone groups is 1. The summed E-state index contributed by atoms with van der Waals surface area (Å²) in [5.41, 5.74) is 3.65. The van der Waals surface area contributed by atoms with Crippen molar-refractivity contribution in [1.29, 1.82) is 0 Å². The monoisotopic (exact) mass is 532 g/mol. The second kappa shape index (κ2) is 12.1. The molecule has 1 aromatic heterocycles. The van der Waals surface area contributed by atoms with Crippen molar-refractivity contribution in [2.75, 3.05) is 26.4 Å². The number of rotatable bonds is 11. The summed E-state index contributed by atoms with van der Waals surface area (Å²) >= 11 is 3.42. The molecule has 0 unspecified atom stereocenters. The molecule has 0 aliphatic rings. The number of nitrogens with zero attached hydrogens (tertiary/aromatic N) is 1. The Morgan fingerprint density at radius 3 is 2.56 bits per heavy atom. The predicted octanol–water partition coefficient (Wildman–Crippen LogP) is 4.70. The number of benzene rings is 2. The lowest BCUT2D eigenvalue weighted by atomic mass is 10.2. The quantitative estimate of drug-likeness (QED) is 0.216. The molecular formula is C24H25BrN2O7. The van der Waals surface area contributed by atoms with Crippen molar-refractivity contribution >= 4 is 45.0 Å². The standard InChI is InChI=1S/C24H25BrN2O7/c1-4-30-17-7-8-19-16(11-17)12-21(34-19)24(29)27-26-13-15-9-18(25)23(20(10-15)31-5-2)33-14-22(28)32-6-3/h7-13H,4-6,14H2,1-3H3,(H,27,29)/b26-13+. The molecule has 1 amide bonds. The van der Waals surface area contributed by atoms with Gasteiger partial charge in [-0.15, -0.1) is 0 Å². The fraction of sp³-hybridized carbons (Fsp3) is 0.292. The molecule has 0 saturated heterocycles. The lowest BCUT2D eigenvalue weighted by Gasteiger charge is -2.14. The zero-order valence-electron chi connectivity index (χ0n) is 19.1. The summed E-state index contributed by atoms with van der Waals surface area (Å²) in [6, 6.07) is 10.4. The van der Waals surface area contributed by atoms with Crippen LogP contribution in [0.5, 0.6) is 17.2 Å². The van der Waals surface area contributed by atoms with Gasteiger partial charge in [0.15, 0.2) is 23.9 Å². The first kappa shape index (κ1) is 25.1. The largest absolute Gasteiger partial charge is 0.494 e. The molecule has 0 radical (unpaired) electrons. The minimum atomic E-state index is -0.496. The van der Waals surface area contributed by atoms with Crippen LogP contribution in [0.15, 0.2) is 50.4 Å². The molecule has 0 atom stereocenters. The Hall–Kier alpha value is -3.53. The van der Waals surface area contributed by atoms with Crippen LogP contribution in [0.1, 0.15) is 36.9 Å². The molecule has 0 spiro atoms. The Labute approximate surface area is 205 Å². The van der Waals surface area contributed by atoms with E-state index >= 15 is 0 Å². The average Bonchev–Trinajstić information content (AvgIpc) is 3.23. The minimum absolute atomic E-state index is 0.125. The van der Waals surface area contributed by atoms with Crippen LogP contribution in [0.25, 0.3) is 11.0 Å². The average molecular weight is 533 g/mol. The molecular weight excluding hydrogens is 508 g/mol. The number of carbonyl (C=O) groups is 2. The van der Waals surface area contributed by atoms with Crippen LogP contribution in [0.4, 0.5) is 0 Å². The van der Waals surface area contributed by atoms with E-state index < -0.39 is 11.9 Å². The number of hydrogen-bond acceptors (Lipinski definition) is 8. The highest BCUT2D eigenvalue weighted by Gasteiger charge is 2.15. The van der Waals surface area contributed by atoms with Gasteiger partial charge in [0.1, 0.15) is 11.3 Å². The normalized spacial score (nSPS) is 10.9. The van der Waals surface area contributed by atoms with Crippen molar-refractivity contribution in [3.05, 3.63) is 52.2 Å². The number of fused-ring (bicyclic) bond motifs is 1. The van der Waals surface area contributed by atoms with Crippen molar-refractivity contribution in [2.45, 2.75) is 20.8 Å². The van der Waals surface area contributed by atoms with Gasteiger partial charge in [-0.1, -0.05) is 0 Å². The molecule has 0 fully saturated rings. The van der Waals surface area contributed by atoms with Gasteiger partial charge in [-0.25, -0.2) is 10.2 Å². The molecule has 180 valence electrons. The molecule has 34 heavy (non-hydrogen) atoms. The third kappa shape index (κ3) is 6.50. The zero-order valence-corrected chi connectivity index (χ0v) is 20.6. The second-order valence-corrected chi connectivity index (χ2v) is 7.65. The van der Waals surface area contributed by atoms with Crippen molar-refractivity contribution in [1.82, 2.24) is 5.43 Å². The minimum Gasteiger partial charge on any atom is -0.494 e. The fourth-order valence-electron chi connectivity index (χ4n) is 3.01. The van der Waals surface area contributed by atoms with Gasteiger partial charge in [-0.3, -0.25) is 4.79 Å².